The summed E-state index contributed by atoms with van der Waals surface area (Å²) in [5.41, 5.74) is 1.51. The quantitative estimate of drug-likeness (QED) is 0.725. The van der Waals surface area contributed by atoms with E-state index in [9.17, 15) is 0 Å². The van der Waals surface area contributed by atoms with Gasteiger partial charge in [-0.2, -0.15) is 0 Å². The van der Waals surface area contributed by atoms with Gasteiger partial charge in [0.2, 0.25) is 0 Å². The third kappa shape index (κ3) is 2.77. The molecule has 1 N–H and O–H groups in total. The van der Waals surface area contributed by atoms with Crippen molar-refractivity contribution < 1.29 is 9.47 Å². The van der Waals surface area contributed by atoms with Gasteiger partial charge in [0.25, 0.3) is 0 Å². The molecular weight excluding hydrogens is 400 g/mol. The molecule has 25 heavy (non-hydrogen) atoms. The van der Waals surface area contributed by atoms with Crippen molar-refractivity contribution in [3.8, 4) is 11.5 Å². The zero-order chi connectivity index (χ0) is 17.6. The topological polar surface area (TPSA) is 33.7 Å². The van der Waals surface area contributed by atoms with Gasteiger partial charge in [-0.1, -0.05) is 34.1 Å². The molecule has 4 nitrogen and oxygen atoms in total. The molecule has 2 heterocycles. The maximum absolute atomic E-state index is 6.51. The van der Waals surface area contributed by atoms with Crippen LogP contribution >= 0.6 is 28.1 Å². The Balaban J connectivity index is 1.81. The molecular formula is C19H19BrN2O2S. The molecule has 1 fully saturated rings. The minimum atomic E-state index is -0.575. The molecule has 2 aromatic rings. The van der Waals surface area contributed by atoms with Gasteiger partial charge in [-0.25, -0.2) is 0 Å². The van der Waals surface area contributed by atoms with Crippen molar-refractivity contribution in [1.82, 2.24) is 5.32 Å². The van der Waals surface area contributed by atoms with E-state index < -0.39 is 5.72 Å². The number of hydrogen-bond acceptors (Lipinski definition) is 3. The fourth-order valence-corrected chi connectivity index (χ4v) is 4.46. The Bertz CT molecular complexity index is 844. The highest BCUT2D eigenvalue weighted by molar-refractivity contribution is 9.10. The van der Waals surface area contributed by atoms with Gasteiger partial charge in [0.15, 0.2) is 22.3 Å². The smallest absolute Gasteiger partial charge is 0.188 e. The summed E-state index contributed by atoms with van der Waals surface area (Å²) in [4.78, 5) is 2.05. The van der Waals surface area contributed by atoms with Gasteiger partial charge in [0.1, 0.15) is 0 Å². The normalized spacial score (nSPS) is 24.2. The molecule has 0 aliphatic carbocycles. The first-order valence-electron chi connectivity index (χ1n) is 8.33. The fourth-order valence-electron chi connectivity index (χ4n) is 3.64. The van der Waals surface area contributed by atoms with E-state index in [0.29, 0.717) is 11.7 Å². The van der Waals surface area contributed by atoms with Gasteiger partial charge < -0.3 is 14.8 Å². The first-order valence-corrected chi connectivity index (χ1v) is 9.53. The lowest BCUT2D eigenvalue weighted by atomic mass is 9.90. The van der Waals surface area contributed by atoms with Crippen molar-refractivity contribution in [3.63, 3.8) is 0 Å². The van der Waals surface area contributed by atoms with Crippen LogP contribution in [-0.2, 0) is 0 Å². The Hall–Kier alpha value is -1.79. The van der Waals surface area contributed by atoms with E-state index in [2.05, 4.69) is 39.1 Å². The van der Waals surface area contributed by atoms with Crippen LogP contribution in [0.3, 0.4) is 0 Å². The second kappa shape index (κ2) is 6.18. The number of halogens is 1. The molecule has 0 radical (unpaired) electrons. The Kier molecular flexibility index (Phi) is 4.12. The molecule has 0 aromatic heterocycles. The number of benzene rings is 2. The summed E-state index contributed by atoms with van der Waals surface area (Å²) in [6.07, 6.45) is 0.794. The lowest BCUT2D eigenvalue weighted by Crippen LogP contribution is -2.65. The molecule has 4 rings (SSSR count). The van der Waals surface area contributed by atoms with Crippen LogP contribution in [0.5, 0.6) is 11.5 Å². The van der Waals surface area contributed by atoms with Crippen LogP contribution in [0.2, 0.25) is 0 Å². The second-order valence-corrected chi connectivity index (χ2v) is 7.71. The van der Waals surface area contributed by atoms with Gasteiger partial charge in [-0.05, 0) is 50.3 Å². The molecule has 2 aromatic carbocycles. The van der Waals surface area contributed by atoms with E-state index in [0.717, 1.165) is 33.6 Å². The van der Waals surface area contributed by atoms with E-state index >= 15 is 0 Å². The molecule has 0 saturated carbocycles. The molecule has 2 aliphatic heterocycles. The summed E-state index contributed by atoms with van der Waals surface area (Å²) in [5, 5.41) is 4.14. The van der Waals surface area contributed by atoms with Crippen LogP contribution in [0.15, 0.2) is 46.9 Å². The minimum absolute atomic E-state index is 0.116. The lowest BCUT2D eigenvalue weighted by molar-refractivity contribution is 0.0457. The van der Waals surface area contributed by atoms with Gasteiger partial charge in [-0.15, -0.1) is 0 Å². The summed E-state index contributed by atoms with van der Waals surface area (Å²) in [5.74, 6) is 1.58. The van der Waals surface area contributed by atoms with E-state index in [4.69, 9.17) is 21.7 Å². The summed E-state index contributed by atoms with van der Waals surface area (Å²) in [7, 11) is 0. The summed E-state index contributed by atoms with van der Waals surface area (Å²) in [6.45, 7) is 4.66. The average molecular weight is 419 g/mol. The zero-order valence-electron chi connectivity index (χ0n) is 14.1. The molecule has 130 valence electrons. The van der Waals surface area contributed by atoms with E-state index in [1.807, 2.05) is 43.3 Å². The first kappa shape index (κ1) is 16.7. The third-order valence-electron chi connectivity index (χ3n) is 4.63. The number of nitrogens with one attached hydrogen (secondary N) is 1. The predicted octanol–water partition coefficient (Wildman–Crippen LogP) is 4.78. The number of thiocarbonyl (C=S) groups is 1. The van der Waals surface area contributed by atoms with Crippen LogP contribution < -0.4 is 19.7 Å². The Morgan fingerprint density at radius 1 is 1.36 bits per heavy atom. The number of ether oxygens (including phenoxy) is 2. The number of para-hydroxylation sites is 1. The van der Waals surface area contributed by atoms with Crippen molar-refractivity contribution in [2.45, 2.75) is 32.0 Å². The monoisotopic (exact) mass is 418 g/mol. The number of hydrogen-bond donors (Lipinski definition) is 1. The van der Waals surface area contributed by atoms with Crippen molar-refractivity contribution in [1.29, 1.82) is 0 Å². The van der Waals surface area contributed by atoms with Crippen LogP contribution in [0.1, 0.15) is 31.9 Å². The number of fused-ring (bicyclic) bond motifs is 4. The van der Waals surface area contributed by atoms with Crippen molar-refractivity contribution in [3.05, 3.63) is 52.5 Å². The summed E-state index contributed by atoms with van der Waals surface area (Å²) < 4.78 is 13.3. The molecule has 2 bridgehead atoms. The Morgan fingerprint density at radius 3 is 2.92 bits per heavy atom. The highest BCUT2D eigenvalue weighted by atomic mass is 79.9. The standard InChI is InChI=1S/C19H19BrN2O2S/c1-3-23-16-9-5-8-14-15-11-19(2,24-17(14)16)22(18(25)21-15)13-7-4-6-12(20)10-13/h4-10,15H,3,11H2,1-2H3,(H,21,25)/t15-,19+/m0/s1. The van der Waals surface area contributed by atoms with Crippen molar-refractivity contribution >= 4 is 38.9 Å². The third-order valence-corrected chi connectivity index (χ3v) is 5.42. The predicted molar refractivity (Wildman–Crippen MR) is 106 cm³/mol. The fraction of sp³-hybridized carbons (Fsp3) is 0.316. The SMILES string of the molecule is CCOc1cccc2c1O[C@]1(C)C[C@@H]2NC(=S)N1c1cccc(Br)c1. The number of anilines is 1. The molecule has 2 atom stereocenters. The van der Waals surface area contributed by atoms with E-state index in [1.165, 1.54) is 0 Å². The number of rotatable bonds is 3. The second-order valence-electron chi connectivity index (χ2n) is 6.41. The van der Waals surface area contributed by atoms with Crippen molar-refractivity contribution in [2.75, 3.05) is 11.5 Å². The van der Waals surface area contributed by atoms with Crippen LogP contribution in [0, 0.1) is 0 Å². The van der Waals surface area contributed by atoms with Gasteiger partial charge in [-0.3, -0.25) is 4.90 Å². The maximum Gasteiger partial charge on any atom is 0.188 e. The van der Waals surface area contributed by atoms with E-state index in [-0.39, 0.29) is 6.04 Å². The molecule has 0 amide bonds. The summed E-state index contributed by atoms with van der Waals surface area (Å²) in [6, 6.07) is 14.2. The van der Waals surface area contributed by atoms with Crippen LogP contribution in [0.25, 0.3) is 0 Å². The van der Waals surface area contributed by atoms with Gasteiger partial charge in [0, 0.05) is 22.1 Å². The zero-order valence-corrected chi connectivity index (χ0v) is 16.5. The molecule has 0 spiro atoms. The van der Waals surface area contributed by atoms with E-state index in [1.54, 1.807) is 0 Å². The molecule has 1 saturated heterocycles. The average Bonchev–Trinajstić information content (AvgIpc) is 2.55. The van der Waals surface area contributed by atoms with Gasteiger partial charge >= 0.3 is 0 Å². The van der Waals surface area contributed by atoms with Gasteiger partial charge in [0.05, 0.1) is 12.6 Å². The largest absolute Gasteiger partial charge is 0.490 e. The molecule has 0 unspecified atom stereocenters. The summed E-state index contributed by atoms with van der Waals surface area (Å²) >= 11 is 9.22. The maximum atomic E-state index is 6.51. The number of nitrogens with zero attached hydrogens (tertiary/aromatic N) is 1. The van der Waals surface area contributed by atoms with Crippen LogP contribution in [0.4, 0.5) is 5.69 Å². The minimum Gasteiger partial charge on any atom is -0.490 e. The highest BCUT2D eigenvalue weighted by Crippen LogP contribution is 2.49. The first-order chi connectivity index (χ1) is 12.0. The Morgan fingerprint density at radius 2 is 2.16 bits per heavy atom. The lowest BCUT2D eigenvalue weighted by Gasteiger charge is -2.52. The molecule has 2 aliphatic rings. The van der Waals surface area contributed by atoms with Crippen LogP contribution in [-0.4, -0.2) is 17.4 Å². The Labute approximate surface area is 161 Å². The molecule has 6 heteroatoms. The highest BCUT2D eigenvalue weighted by Gasteiger charge is 2.49. The van der Waals surface area contributed by atoms with Crippen molar-refractivity contribution in [2.24, 2.45) is 0 Å².